The van der Waals surface area contributed by atoms with E-state index in [-0.39, 0.29) is 5.84 Å². The maximum absolute atomic E-state index is 8.72. The van der Waals surface area contributed by atoms with E-state index in [1.54, 1.807) is 0 Å². The fourth-order valence-electron chi connectivity index (χ4n) is 2.78. The predicted octanol–water partition coefficient (Wildman–Crippen LogP) is 1.75. The molecule has 0 aliphatic carbocycles. The van der Waals surface area contributed by atoms with Crippen LogP contribution in [0.15, 0.2) is 29.4 Å². The highest BCUT2D eigenvalue weighted by molar-refractivity contribution is 5.97. The van der Waals surface area contributed by atoms with Gasteiger partial charge in [0.05, 0.1) is 0 Å². The molecule has 1 heterocycles. The lowest BCUT2D eigenvalue weighted by atomic mass is 10.1. The summed E-state index contributed by atoms with van der Waals surface area (Å²) in [5.74, 6) is 0.151. The standard InChI is InChI=1S/C16H26N4O/c1-13(12-20-8-3-2-4-9-20)18-11-14-6-5-7-15(10-14)16(17)19-21/h5-7,10,13,18,21H,2-4,8-9,11-12H2,1H3,(H2,17,19). The van der Waals surface area contributed by atoms with Crippen molar-refractivity contribution in [3.63, 3.8) is 0 Å². The molecule has 0 radical (unpaired) electrons. The van der Waals surface area contributed by atoms with Gasteiger partial charge in [-0.15, -0.1) is 0 Å². The van der Waals surface area contributed by atoms with Gasteiger partial charge in [-0.05, 0) is 44.5 Å². The third-order valence-corrected chi connectivity index (χ3v) is 3.97. The van der Waals surface area contributed by atoms with Crippen molar-refractivity contribution in [3.05, 3.63) is 35.4 Å². The topological polar surface area (TPSA) is 73.9 Å². The van der Waals surface area contributed by atoms with Gasteiger partial charge in [0.1, 0.15) is 0 Å². The lowest BCUT2D eigenvalue weighted by molar-refractivity contribution is 0.209. The predicted molar refractivity (Wildman–Crippen MR) is 85.5 cm³/mol. The van der Waals surface area contributed by atoms with Crippen LogP contribution in [0.25, 0.3) is 0 Å². The van der Waals surface area contributed by atoms with Crippen LogP contribution < -0.4 is 11.1 Å². The summed E-state index contributed by atoms with van der Waals surface area (Å²) in [5.41, 5.74) is 7.51. The summed E-state index contributed by atoms with van der Waals surface area (Å²) < 4.78 is 0. The Morgan fingerprint density at radius 1 is 1.38 bits per heavy atom. The van der Waals surface area contributed by atoms with Crippen molar-refractivity contribution >= 4 is 5.84 Å². The van der Waals surface area contributed by atoms with Crippen molar-refractivity contribution in [2.75, 3.05) is 19.6 Å². The van der Waals surface area contributed by atoms with Crippen LogP contribution in [0.5, 0.6) is 0 Å². The molecule has 1 aromatic carbocycles. The van der Waals surface area contributed by atoms with Gasteiger partial charge in [0.15, 0.2) is 5.84 Å². The highest BCUT2D eigenvalue weighted by Crippen LogP contribution is 2.09. The zero-order chi connectivity index (χ0) is 15.1. The number of benzene rings is 1. The number of likely N-dealkylation sites (tertiary alicyclic amines) is 1. The molecule has 2 rings (SSSR count). The van der Waals surface area contributed by atoms with Crippen molar-refractivity contribution in [3.8, 4) is 0 Å². The van der Waals surface area contributed by atoms with Crippen LogP contribution in [0.4, 0.5) is 0 Å². The van der Waals surface area contributed by atoms with E-state index < -0.39 is 0 Å². The molecule has 21 heavy (non-hydrogen) atoms. The average Bonchev–Trinajstić information content (AvgIpc) is 2.53. The van der Waals surface area contributed by atoms with Gasteiger partial charge in [-0.3, -0.25) is 0 Å². The molecular formula is C16H26N4O. The van der Waals surface area contributed by atoms with Gasteiger partial charge in [0.2, 0.25) is 0 Å². The number of hydrogen-bond acceptors (Lipinski definition) is 4. The molecule has 1 unspecified atom stereocenters. The SMILES string of the molecule is CC(CN1CCCCC1)NCc1cccc(C(N)=NO)c1. The number of nitrogens with two attached hydrogens (primary N) is 1. The van der Waals surface area contributed by atoms with Crippen LogP contribution in [0.1, 0.15) is 37.3 Å². The summed E-state index contributed by atoms with van der Waals surface area (Å²) in [6.45, 7) is 6.57. The second-order valence-corrected chi connectivity index (χ2v) is 5.83. The normalized spacial score (nSPS) is 18.6. The summed E-state index contributed by atoms with van der Waals surface area (Å²) in [7, 11) is 0. The first-order valence-electron chi connectivity index (χ1n) is 7.71. The minimum Gasteiger partial charge on any atom is -0.409 e. The summed E-state index contributed by atoms with van der Waals surface area (Å²) in [6.07, 6.45) is 4.03. The Kier molecular flexibility index (Phi) is 6.02. The molecule has 1 saturated heterocycles. The maximum Gasteiger partial charge on any atom is 0.170 e. The van der Waals surface area contributed by atoms with E-state index in [1.165, 1.54) is 32.4 Å². The smallest absolute Gasteiger partial charge is 0.170 e. The third-order valence-electron chi connectivity index (χ3n) is 3.97. The van der Waals surface area contributed by atoms with Gasteiger partial charge in [-0.25, -0.2) is 0 Å². The van der Waals surface area contributed by atoms with Gasteiger partial charge in [-0.2, -0.15) is 0 Å². The number of hydrogen-bond donors (Lipinski definition) is 3. The van der Waals surface area contributed by atoms with Crippen molar-refractivity contribution < 1.29 is 5.21 Å². The molecule has 1 atom stereocenters. The van der Waals surface area contributed by atoms with E-state index in [9.17, 15) is 0 Å². The molecule has 0 amide bonds. The Labute approximate surface area is 126 Å². The van der Waals surface area contributed by atoms with Gasteiger partial charge >= 0.3 is 0 Å². The van der Waals surface area contributed by atoms with Crippen molar-refractivity contribution in [2.45, 2.75) is 38.8 Å². The lowest BCUT2D eigenvalue weighted by Gasteiger charge is -2.29. The third kappa shape index (κ3) is 5.02. The highest BCUT2D eigenvalue weighted by Gasteiger charge is 2.13. The molecule has 0 spiro atoms. The zero-order valence-corrected chi connectivity index (χ0v) is 12.8. The Morgan fingerprint density at radius 3 is 2.86 bits per heavy atom. The maximum atomic E-state index is 8.72. The molecule has 1 aromatic rings. The Bertz CT molecular complexity index is 469. The fraction of sp³-hybridized carbons (Fsp3) is 0.562. The number of nitrogens with one attached hydrogen (secondary N) is 1. The average molecular weight is 290 g/mol. The Balaban J connectivity index is 1.81. The highest BCUT2D eigenvalue weighted by atomic mass is 16.4. The second kappa shape index (κ2) is 8.00. The quantitative estimate of drug-likeness (QED) is 0.323. The zero-order valence-electron chi connectivity index (χ0n) is 12.8. The van der Waals surface area contributed by atoms with Crippen LogP contribution in [0.2, 0.25) is 0 Å². The van der Waals surface area contributed by atoms with Crippen molar-refractivity contribution in [1.29, 1.82) is 0 Å². The van der Waals surface area contributed by atoms with Gasteiger partial charge in [-0.1, -0.05) is 29.8 Å². The number of oxime groups is 1. The van der Waals surface area contributed by atoms with E-state index >= 15 is 0 Å². The first-order chi connectivity index (χ1) is 10.2. The van der Waals surface area contributed by atoms with Gasteiger partial charge < -0.3 is 21.2 Å². The summed E-state index contributed by atoms with van der Waals surface area (Å²) in [6, 6.07) is 8.23. The summed E-state index contributed by atoms with van der Waals surface area (Å²) in [4.78, 5) is 2.54. The number of nitrogens with zero attached hydrogens (tertiary/aromatic N) is 2. The molecule has 0 bridgehead atoms. The first kappa shape index (κ1) is 15.8. The molecule has 0 saturated carbocycles. The second-order valence-electron chi connectivity index (χ2n) is 5.83. The molecule has 1 aliphatic heterocycles. The molecule has 1 fully saturated rings. The van der Waals surface area contributed by atoms with Crippen LogP contribution in [0.3, 0.4) is 0 Å². The minimum absolute atomic E-state index is 0.151. The fourth-order valence-corrected chi connectivity index (χ4v) is 2.78. The van der Waals surface area contributed by atoms with E-state index in [0.29, 0.717) is 6.04 Å². The molecule has 116 valence electrons. The summed E-state index contributed by atoms with van der Waals surface area (Å²) >= 11 is 0. The Morgan fingerprint density at radius 2 is 2.14 bits per heavy atom. The van der Waals surface area contributed by atoms with Gasteiger partial charge in [0, 0.05) is 24.7 Å². The summed E-state index contributed by atoms with van der Waals surface area (Å²) in [5, 5.41) is 15.3. The molecule has 5 heteroatoms. The molecule has 4 N–H and O–H groups in total. The van der Waals surface area contributed by atoms with Gasteiger partial charge in [0.25, 0.3) is 0 Å². The van der Waals surface area contributed by atoms with Crippen LogP contribution in [-0.4, -0.2) is 41.6 Å². The molecule has 5 nitrogen and oxygen atoms in total. The van der Waals surface area contributed by atoms with E-state index in [1.807, 2.05) is 18.2 Å². The van der Waals surface area contributed by atoms with Crippen molar-refractivity contribution in [1.82, 2.24) is 10.2 Å². The largest absolute Gasteiger partial charge is 0.409 e. The van der Waals surface area contributed by atoms with E-state index in [4.69, 9.17) is 10.9 Å². The molecule has 0 aromatic heterocycles. The van der Waals surface area contributed by atoms with Crippen LogP contribution in [0, 0.1) is 0 Å². The minimum atomic E-state index is 0.151. The number of amidine groups is 1. The van der Waals surface area contributed by atoms with Crippen LogP contribution in [-0.2, 0) is 6.54 Å². The van der Waals surface area contributed by atoms with Crippen molar-refractivity contribution in [2.24, 2.45) is 10.9 Å². The molecular weight excluding hydrogens is 264 g/mol. The molecule has 1 aliphatic rings. The van der Waals surface area contributed by atoms with E-state index in [0.717, 1.165) is 24.2 Å². The number of rotatable bonds is 6. The van der Waals surface area contributed by atoms with Crippen LogP contribution >= 0.6 is 0 Å². The van der Waals surface area contributed by atoms with E-state index in [2.05, 4.69) is 28.4 Å². The lowest BCUT2D eigenvalue weighted by Crippen LogP contribution is -2.41. The Hall–Kier alpha value is -1.59. The monoisotopic (exact) mass is 290 g/mol. The number of piperidine rings is 1. The first-order valence-corrected chi connectivity index (χ1v) is 7.71.